The van der Waals surface area contributed by atoms with E-state index in [1.54, 1.807) is 0 Å². The first-order valence-corrected chi connectivity index (χ1v) is 7.18. The Morgan fingerprint density at radius 1 is 0.917 bits per heavy atom. The molecule has 0 saturated heterocycles. The minimum absolute atomic E-state index is 0.00981. The first-order valence-electron chi connectivity index (χ1n) is 6.04. The number of hydrogen-bond acceptors (Lipinski definition) is 2. The zero-order chi connectivity index (χ0) is 18.2. The molecular formula is C14H6Cl3F4NO2. The number of benzene rings is 2. The second kappa shape index (κ2) is 7.04. The van der Waals surface area contributed by atoms with Crippen LogP contribution in [0.5, 0.6) is 5.75 Å². The number of anilines is 1. The summed E-state index contributed by atoms with van der Waals surface area (Å²) in [6.07, 6.45) is 0. The van der Waals surface area contributed by atoms with Crippen molar-refractivity contribution in [3.8, 4) is 5.75 Å². The van der Waals surface area contributed by atoms with Crippen LogP contribution in [0.25, 0.3) is 0 Å². The molecule has 128 valence electrons. The summed E-state index contributed by atoms with van der Waals surface area (Å²) >= 11 is 17.3. The van der Waals surface area contributed by atoms with Gasteiger partial charge in [0.1, 0.15) is 5.56 Å². The average molecular weight is 403 g/mol. The number of hydrogen-bond donors (Lipinski definition) is 1. The number of amides is 1. The predicted molar refractivity (Wildman–Crippen MR) is 82.3 cm³/mol. The maximum Gasteiger partial charge on any atom is 0.261 e. The highest BCUT2D eigenvalue weighted by atomic mass is 35.5. The van der Waals surface area contributed by atoms with Gasteiger partial charge < -0.3 is 10.1 Å². The molecule has 0 fully saturated rings. The highest BCUT2D eigenvalue weighted by Gasteiger charge is 2.30. The largest absolute Gasteiger partial charge is 0.491 e. The number of ether oxygens (including phenoxy) is 1. The van der Waals surface area contributed by atoms with Crippen molar-refractivity contribution in [3.05, 3.63) is 56.0 Å². The summed E-state index contributed by atoms with van der Waals surface area (Å²) in [6.45, 7) is 0. The van der Waals surface area contributed by atoms with Crippen LogP contribution in [0.15, 0.2) is 12.1 Å². The fourth-order valence-electron chi connectivity index (χ4n) is 1.79. The van der Waals surface area contributed by atoms with E-state index in [1.165, 1.54) is 6.07 Å². The zero-order valence-electron chi connectivity index (χ0n) is 11.6. The van der Waals surface area contributed by atoms with Gasteiger partial charge in [0.25, 0.3) is 5.91 Å². The van der Waals surface area contributed by atoms with E-state index in [0.717, 1.165) is 13.2 Å². The van der Waals surface area contributed by atoms with Crippen molar-refractivity contribution in [1.82, 2.24) is 0 Å². The van der Waals surface area contributed by atoms with Crippen LogP contribution >= 0.6 is 34.8 Å². The lowest BCUT2D eigenvalue weighted by Gasteiger charge is -2.12. The molecule has 0 radical (unpaired) electrons. The van der Waals surface area contributed by atoms with Crippen molar-refractivity contribution in [2.75, 3.05) is 12.4 Å². The van der Waals surface area contributed by atoms with Crippen LogP contribution in [0, 0.1) is 23.3 Å². The topological polar surface area (TPSA) is 38.3 Å². The quantitative estimate of drug-likeness (QED) is 0.546. The Morgan fingerprint density at radius 2 is 1.42 bits per heavy atom. The van der Waals surface area contributed by atoms with Crippen molar-refractivity contribution in [2.24, 2.45) is 0 Å². The van der Waals surface area contributed by atoms with Crippen LogP contribution in [0.1, 0.15) is 10.4 Å². The molecule has 0 aliphatic rings. The van der Waals surface area contributed by atoms with E-state index in [9.17, 15) is 22.4 Å². The molecule has 10 heteroatoms. The molecule has 0 aliphatic heterocycles. The second-order valence-corrected chi connectivity index (χ2v) is 5.59. The normalized spacial score (nSPS) is 10.7. The van der Waals surface area contributed by atoms with Gasteiger partial charge in [-0.2, -0.15) is 8.78 Å². The lowest BCUT2D eigenvalue weighted by atomic mass is 10.1. The molecule has 0 aromatic heterocycles. The van der Waals surface area contributed by atoms with E-state index < -0.39 is 40.5 Å². The maximum absolute atomic E-state index is 13.9. The van der Waals surface area contributed by atoms with E-state index in [0.29, 0.717) is 0 Å². The SMILES string of the molecule is COc1c(F)c(F)c(C(=O)Nc2cc(Cl)c(Cl)cc2Cl)c(F)c1F. The first-order chi connectivity index (χ1) is 11.2. The highest BCUT2D eigenvalue weighted by molar-refractivity contribution is 6.44. The van der Waals surface area contributed by atoms with Gasteiger partial charge in [-0.1, -0.05) is 34.8 Å². The lowest BCUT2D eigenvalue weighted by Crippen LogP contribution is -2.19. The molecule has 2 aromatic carbocycles. The van der Waals surface area contributed by atoms with Gasteiger partial charge in [0.2, 0.25) is 11.6 Å². The number of rotatable bonds is 3. The first kappa shape index (κ1) is 18.6. The monoisotopic (exact) mass is 401 g/mol. The van der Waals surface area contributed by atoms with Crippen molar-refractivity contribution in [2.45, 2.75) is 0 Å². The fourth-order valence-corrected chi connectivity index (χ4v) is 2.39. The Balaban J connectivity index is 2.50. The van der Waals surface area contributed by atoms with Crippen molar-refractivity contribution < 1.29 is 27.1 Å². The van der Waals surface area contributed by atoms with E-state index in [-0.39, 0.29) is 20.8 Å². The summed E-state index contributed by atoms with van der Waals surface area (Å²) in [5.41, 5.74) is -1.64. The summed E-state index contributed by atoms with van der Waals surface area (Å²) in [5.74, 6) is -10.3. The lowest BCUT2D eigenvalue weighted by molar-refractivity contribution is 0.101. The third-order valence-electron chi connectivity index (χ3n) is 2.91. The zero-order valence-corrected chi connectivity index (χ0v) is 13.9. The van der Waals surface area contributed by atoms with Crippen LogP contribution in [0.4, 0.5) is 23.2 Å². The summed E-state index contributed by atoms with van der Waals surface area (Å²) < 4.78 is 59.3. The van der Waals surface area contributed by atoms with Crippen LogP contribution in [0.2, 0.25) is 15.1 Å². The van der Waals surface area contributed by atoms with Crippen LogP contribution in [-0.2, 0) is 0 Å². The smallest absolute Gasteiger partial charge is 0.261 e. The number of nitrogens with one attached hydrogen (secondary N) is 1. The Labute approximate surface area is 148 Å². The maximum atomic E-state index is 13.9. The third kappa shape index (κ3) is 3.24. The summed E-state index contributed by atoms with van der Waals surface area (Å²) in [7, 11) is 0.815. The average Bonchev–Trinajstić information content (AvgIpc) is 2.51. The van der Waals surface area contributed by atoms with Crippen LogP contribution < -0.4 is 10.1 Å². The van der Waals surface area contributed by atoms with E-state index in [2.05, 4.69) is 4.74 Å². The molecule has 2 aromatic rings. The number of halogens is 7. The van der Waals surface area contributed by atoms with Crippen LogP contribution in [-0.4, -0.2) is 13.0 Å². The number of methoxy groups -OCH3 is 1. The summed E-state index contributed by atoms with van der Waals surface area (Å²) in [5, 5.41) is 1.95. The van der Waals surface area contributed by atoms with Gasteiger partial charge in [0.05, 0.1) is 27.9 Å². The minimum Gasteiger partial charge on any atom is -0.491 e. The number of carbonyl (C=O) groups excluding carboxylic acids is 1. The highest BCUT2D eigenvalue weighted by Crippen LogP contribution is 2.34. The minimum atomic E-state index is -1.92. The summed E-state index contributed by atoms with van der Waals surface area (Å²) in [6, 6.07) is 2.28. The Morgan fingerprint density at radius 3 is 1.92 bits per heavy atom. The van der Waals surface area contributed by atoms with Crippen molar-refractivity contribution in [3.63, 3.8) is 0 Å². The molecule has 1 amide bonds. The van der Waals surface area contributed by atoms with Gasteiger partial charge >= 0.3 is 0 Å². The van der Waals surface area contributed by atoms with E-state index in [1.807, 2.05) is 5.32 Å². The van der Waals surface area contributed by atoms with Gasteiger partial charge in [-0.05, 0) is 12.1 Å². The van der Waals surface area contributed by atoms with Gasteiger partial charge in [-0.15, -0.1) is 0 Å². The molecule has 1 N–H and O–H groups in total. The predicted octanol–water partition coefficient (Wildman–Crippen LogP) is 5.46. The molecule has 0 unspecified atom stereocenters. The Kier molecular flexibility index (Phi) is 5.47. The van der Waals surface area contributed by atoms with Crippen molar-refractivity contribution in [1.29, 1.82) is 0 Å². The molecule has 0 heterocycles. The Hall–Kier alpha value is -1.70. The summed E-state index contributed by atoms with van der Waals surface area (Å²) in [4.78, 5) is 12.0. The van der Waals surface area contributed by atoms with Gasteiger partial charge in [-0.3, -0.25) is 4.79 Å². The van der Waals surface area contributed by atoms with Gasteiger partial charge in [0.15, 0.2) is 17.4 Å². The molecule has 0 bridgehead atoms. The van der Waals surface area contributed by atoms with E-state index >= 15 is 0 Å². The molecular weight excluding hydrogens is 397 g/mol. The Bertz CT molecular complexity index is 816. The molecule has 0 saturated carbocycles. The molecule has 0 atom stereocenters. The standard InChI is InChI=1S/C14H6Cl3F4NO2/c1-24-13-11(20)9(18)8(10(19)12(13)21)14(23)22-7-3-5(16)4(15)2-6(7)17/h2-3H,1H3,(H,22,23). The fraction of sp³-hybridized carbons (Fsp3) is 0.0714. The van der Waals surface area contributed by atoms with Crippen LogP contribution in [0.3, 0.4) is 0 Å². The molecule has 3 nitrogen and oxygen atoms in total. The second-order valence-electron chi connectivity index (χ2n) is 4.36. The van der Waals surface area contributed by atoms with Crippen molar-refractivity contribution >= 4 is 46.4 Å². The van der Waals surface area contributed by atoms with E-state index in [4.69, 9.17) is 34.8 Å². The molecule has 0 aliphatic carbocycles. The molecule has 0 spiro atoms. The molecule has 2 rings (SSSR count). The molecule has 24 heavy (non-hydrogen) atoms. The third-order valence-corrected chi connectivity index (χ3v) is 3.95. The van der Waals surface area contributed by atoms with Gasteiger partial charge in [-0.25, -0.2) is 8.78 Å². The van der Waals surface area contributed by atoms with Gasteiger partial charge in [0, 0.05) is 0 Å². The number of carbonyl (C=O) groups is 1.